The third kappa shape index (κ3) is 3.31. The van der Waals surface area contributed by atoms with E-state index in [-0.39, 0.29) is 18.2 Å². The van der Waals surface area contributed by atoms with Crippen LogP contribution in [0, 0.1) is 6.92 Å². The van der Waals surface area contributed by atoms with Crippen LogP contribution in [0.2, 0.25) is 0 Å². The molecule has 0 saturated heterocycles. The minimum Gasteiger partial charge on any atom is -0.504 e. The maximum Gasteiger partial charge on any atom is 0.272 e. The van der Waals surface area contributed by atoms with Gasteiger partial charge in [-0.2, -0.15) is 5.10 Å². The number of oxazole rings is 1. The number of rotatable bonds is 5. The third-order valence-electron chi connectivity index (χ3n) is 4.65. The van der Waals surface area contributed by atoms with E-state index in [1.807, 2.05) is 0 Å². The van der Waals surface area contributed by atoms with E-state index < -0.39 is 0 Å². The lowest BCUT2D eigenvalue weighted by atomic mass is 10.1. The number of nitrogens with zero attached hydrogens (tertiary/aromatic N) is 2. The van der Waals surface area contributed by atoms with Gasteiger partial charge in [-0.25, -0.2) is 4.98 Å². The van der Waals surface area contributed by atoms with Crippen LogP contribution < -0.4 is 10.1 Å². The molecule has 0 unspecified atom stereocenters. The Morgan fingerprint density at radius 2 is 2.29 bits per heavy atom. The number of H-pyrrole nitrogens is 1. The van der Waals surface area contributed by atoms with Crippen LogP contribution in [0.3, 0.4) is 0 Å². The number of carbonyl (C=O) groups is 1. The molecule has 0 fully saturated rings. The second kappa shape index (κ2) is 7.35. The molecule has 0 radical (unpaired) electrons. The van der Waals surface area contributed by atoms with Gasteiger partial charge in [-0.1, -0.05) is 0 Å². The van der Waals surface area contributed by atoms with E-state index in [2.05, 4.69) is 20.5 Å². The first-order valence-electron chi connectivity index (χ1n) is 8.82. The number of benzene rings is 1. The lowest BCUT2D eigenvalue weighted by Crippen LogP contribution is -2.25. The quantitative estimate of drug-likeness (QED) is 0.615. The second-order valence-corrected chi connectivity index (χ2v) is 6.42. The minimum absolute atomic E-state index is 0.00349. The van der Waals surface area contributed by atoms with E-state index in [9.17, 15) is 9.90 Å². The molecular formula is C19H20N4O5. The zero-order chi connectivity index (χ0) is 19.7. The van der Waals surface area contributed by atoms with Gasteiger partial charge < -0.3 is 24.3 Å². The Morgan fingerprint density at radius 1 is 1.43 bits per heavy atom. The van der Waals surface area contributed by atoms with Gasteiger partial charge in [-0.3, -0.25) is 9.89 Å². The summed E-state index contributed by atoms with van der Waals surface area (Å²) in [6.07, 6.45) is 0.718. The number of methoxy groups -OCH3 is 1. The molecule has 3 N–H and O–H groups in total. The average molecular weight is 384 g/mol. The zero-order valence-corrected chi connectivity index (χ0v) is 15.5. The summed E-state index contributed by atoms with van der Waals surface area (Å²) in [5, 5.41) is 19.8. The van der Waals surface area contributed by atoms with Crippen LogP contribution in [0.5, 0.6) is 11.5 Å². The molecule has 146 valence electrons. The molecule has 9 heteroatoms. The van der Waals surface area contributed by atoms with Crippen LogP contribution in [0.4, 0.5) is 0 Å². The monoisotopic (exact) mass is 384 g/mol. The summed E-state index contributed by atoms with van der Waals surface area (Å²) in [6, 6.07) is 4.89. The number of aromatic hydroxyl groups is 1. The second-order valence-electron chi connectivity index (χ2n) is 6.42. The fourth-order valence-electron chi connectivity index (χ4n) is 3.09. The number of aromatic nitrogens is 3. The summed E-state index contributed by atoms with van der Waals surface area (Å²) in [7, 11) is 1.48. The molecule has 0 saturated carbocycles. The molecule has 1 amide bonds. The Labute approximate surface area is 160 Å². The number of hydrogen-bond donors (Lipinski definition) is 3. The van der Waals surface area contributed by atoms with E-state index in [0.29, 0.717) is 47.6 Å². The molecule has 0 bridgehead atoms. The highest BCUT2D eigenvalue weighted by Crippen LogP contribution is 2.31. The topological polar surface area (TPSA) is 123 Å². The summed E-state index contributed by atoms with van der Waals surface area (Å²) in [4.78, 5) is 16.9. The minimum atomic E-state index is -0.297. The molecule has 3 aromatic rings. The Hall–Kier alpha value is -3.33. The molecule has 4 rings (SSSR count). The van der Waals surface area contributed by atoms with Crippen LogP contribution in [0.15, 0.2) is 22.6 Å². The van der Waals surface area contributed by atoms with Crippen molar-refractivity contribution in [3.63, 3.8) is 0 Å². The van der Waals surface area contributed by atoms with Gasteiger partial charge in [-0.05, 0) is 25.1 Å². The summed E-state index contributed by atoms with van der Waals surface area (Å²) >= 11 is 0. The smallest absolute Gasteiger partial charge is 0.272 e. The fourth-order valence-corrected chi connectivity index (χ4v) is 3.09. The first kappa shape index (κ1) is 18.1. The van der Waals surface area contributed by atoms with E-state index in [1.165, 1.54) is 13.2 Å². The number of aryl methyl sites for hydroxylation is 1. The zero-order valence-electron chi connectivity index (χ0n) is 15.5. The maximum absolute atomic E-state index is 12.5. The van der Waals surface area contributed by atoms with Crippen LogP contribution in [-0.2, 0) is 24.3 Å². The molecule has 1 aliphatic rings. The standard InChI is InChI=1S/C19H20N4O5/c1-10-14(21-19(28-10)11-3-4-16(26-2)15(24)7-11)8-20-18(25)17-12-9-27-6-5-13(12)22-23-17/h3-4,7,24H,5-6,8-9H2,1-2H3,(H,20,25)(H,22,23). The number of fused-ring (bicyclic) bond motifs is 1. The molecular weight excluding hydrogens is 364 g/mol. The van der Waals surface area contributed by atoms with Crippen molar-refractivity contribution >= 4 is 5.91 Å². The van der Waals surface area contributed by atoms with Crippen molar-refractivity contribution in [2.24, 2.45) is 0 Å². The van der Waals surface area contributed by atoms with Gasteiger partial charge in [0, 0.05) is 23.2 Å². The highest BCUT2D eigenvalue weighted by atomic mass is 16.5. The molecule has 0 aliphatic carbocycles. The van der Waals surface area contributed by atoms with Gasteiger partial charge in [0.15, 0.2) is 17.2 Å². The number of ether oxygens (including phenoxy) is 2. The van der Waals surface area contributed by atoms with Crippen LogP contribution in [0.25, 0.3) is 11.5 Å². The van der Waals surface area contributed by atoms with Crippen molar-refractivity contribution in [1.29, 1.82) is 0 Å². The number of phenolic OH excluding ortho intramolecular Hbond substituents is 1. The van der Waals surface area contributed by atoms with Crippen molar-refractivity contribution in [3.05, 3.63) is 46.6 Å². The molecule has 3 heterocycles. The van der Waals surface area contributed by atoms with E-state index in [1.54, 1.807) is 19.1 Å². The number of nitrogens with one attached hydrogen (secondary N) is 2. The number of aromatic amines is 1. The third-order valence-corrected chi connectivity index (χ3v) is 4.65. The van der Waals surface area contributed by atoms with Gasteiger partial charge in [0.25, 0.3) is 5.91 Å². The van der Waals surface area contributed by atoms with Crippen molar-refractivity contribution < 1.29 is 23.8 Å². The maximum atomic E-state index is 12.5. The van der Waals surface area contributed by atoms with Gasteiger partial charge in [-0.15, -0.1) is 0 Å². The van der Waals surface area contributed by atoms with E-state index in [4.69, 9.17) is 13.9 Å². The molecule has 0 atom stereocenters. The van der Waals surface area contributed by atoms with Gasteiger partial charge in [0.2, 0.25) is 5.89 Å². The highest BCUT2D eigenvalue weighted by molar-refractivity contribution is 5.93. The van der Waals surface area contributed by atoms with Gasteiger partial charge in [0.1, 0.15) is 11.5 Å². The molecule has 0 spiro atoms. The van der Waals surface area contributed by atoms with Gasteiger partial charge >= 0.3 is 0 Å². The first-order chi connectivity index (χ1) is 13.6. The Balaban J connectivity index is 1.48. The number of phenols is 1. The molecule has 28 heavy (non-hydrogen) atoms. The summed E-state index contributed by atoms with van der Waals surface area (Å²) < 4.78 is 16.1. The normalized spacial score (nSPS) is 13.2. The van der Waals surface area contributed by atoms with Crippen molar-refractivity contribution in [2.45, 2.75) is 26.5 Å². The van der Waals surface area contributed by atoms with Crippen LogP contribution in [0.1, 0.15) is 33.2 Å². The van der Waals surface area contributed by atoms with E-state index >= 15 is 0 Å². The Morgan fingerprint density at radius 3 is 3.07 bits per heavy atom. The highest BCUT2D eigenvalue weighted by Gasteiger charge is 2.22. The van der Waals surface area contributed by atoms with Crippen molar-refractivity contribution in [1.82, 2.24) is 20.5 Å². The first-order valence-corrected chi connectivity index (χ1v) is 8.82. The summed E-state index contributed by atoms with van der Waals surface area (Å²) in [5.74, 6) is 0.999. The van der Waals surface area contributed by atoms with Crippen molar-refractivity contribution in [3.8, 4) is 23.0 Å². The lowest BCUT2D eigenvalue weighted by molar-refractivity contribution is 0.0922. The summed E-state index contributed by atoms with van der Waals surface area (Å²) in [5.41, 5.74) is 3.29. The molecule has 1 aliphatic heterocycles. The number of carbonyl (C=O) groups excluding carboxylic acids is 1. The predicted molar refractivity (Wildman–Crippen MR) is 98.0 cm³/mol. The SMILES string of the molecule is COc1ccc(-c2nc(CNC(=O)c3n[nH]c4c3COCC4)c(C)o2)cc1O. The Bertz CT molecular complexity index is 1020. The lowest BCUT2D eigenvalue weighted by Gasteiger charge is -2.12. The number of amides is 1. The molecule has 9 nitrogen and oxygen atoms in total. The molecule has 2 aromatic heterocycles. The largest absolute Gasteiger partial charge is 0.504 e. The fraction of sp³-hybridized carbons (Fsp3) is 0.316. The summed E-state index contributed by atoms with van der Waals surface area (Å²) in [6.45, 7) is 2.96. The van der Waals surface area contributed by atoms with Crippen molar-refractivity contribution in [2.75, 3.05) is 13.7 Å². The van der Waals surface area contributed by atoms with Gasteiger partial charge in [0.05, 0.1) is 26.9 Å². The van der Waals surface area contributed by atoms with Crippen LogP contribution in [-0.4, -0.2) is 39.9 Å². The van der Waals surface area contributed by atoms with E-state index in [0.717, 1.165) is 17.7 Å². The Kier molecular flexibility index (Phi) is 4.74. The van der Waals surface area contributed by atoms with Crippen LogP contribution >= 0.6 is 0 Å². The average Bonchev–Trinajstić information content (AvgIpc) is 3.29. The molecule has 1 aromatic carbocycles. The predicted octanol–water partition coefficient (Wildman–Crippen LogP) is 2.09. The number of hydrogen-bond acceptors (Lipinski definition) is 7.